The first-order valence-electron chi connectivity index (χ1n) is 10.6. The van der Waals surface area contributed by atoms with Gasteiger partial charge in [-0.1, -0.05) is 30.3 Å². The highest BCUT2D eigenvalue weighted by Gasteiger charge is 2.31. The van der Waals surface area contributed by atoms with Gasteiger partial charge in [0.1, 0.15) is 11.7 Å². The second-order valence-corrected chi connectivity index (χ2v) is 9.64. The summed E-state index contributed by atoms with van der Waals surface area (Å²) in [4.78, 5) is 19.9. The van der Waals surface area contributed by atoms with E-state index in [2.05, 4.69) is 5.28 Å². The van der Waals surface area contributed by atoms with Gasteiger partial charge in [0.15, 0.2) is 0 Å². The van der Waals surface area contributed by atoms with Crippen molar-refractivity contribution in [2.24, 2.45) is 5.28 Å². The van der Waals surface area contributed by atoms with Gasteiger partial charge < -0.3 is 19.7 Å². The highest BCUT2D eigenvalue weighted by molar-refractivity contribution is 5.68. The summed E-state index contributed by atoms with van der Waals surface area (Å²) in [6, 6.07) is 10.0. The average Bonchev–Trinajstić information content (AvgIpc) is 2.65. The van der Waals surface area contributed by atoms with E-state index in [1.54, 1.807) is 9.91 Å². The zero-order valence-electron chi connectivity index (χ0n) is 19.1. The number of carbonyl (C=O) groups excluding carboxylic acids is 1. The third kappa shape index (κ3) is 7.72. The molecule has 1 saturated heterocycles. The zero-order chi connectivity index (χ0) is 22.4. The number of rotatable bonds is 6. The van der Waals surface area contributed by atoms with Crippen molar-refractivity contribution in [3.8, 4) is 0 Å². The van der Waals surface area contributed by atoms with Gasteiger partial charge >= 0.3 is 6.09 Å². The van der Waals surface area contributed by atoms with Crippen molar-refractivity contribution in [2.75, 3.05) is 19.6 Å². The highest BCUT2D eigenvalue weighted by atomic mass is 16.7. The van der Waals surface area contributed by atoms with Crippen molar-refractivity contribution in [2.45, 2.75) is 78.0 Å². The van der Waals surface area contributed by atoms with Gasteiger partial charge in [0.05, 0.1) is 17.1 Å². The van der Waals surface area contributed by atoms with E-state index in [1.807, 2.05) is 71.9 Å². The lowest BCUT2D eigenvalue weighted by Crippen LogP contribution is -2.47. The zero-order valence-corrected chi connectivity index (χ0v) is 19.1. The summed E-state index contributed by atoms with van der Waals surface area (Å²) >= 11 is 0. The Morgan fingerprint density at radius 3 is 2.30 bits per heavy atom. The minimum atomic E-state index is -0.515. The number of carbonyl (C=O) groups is 1. The van der Waals surface area contributed by atoms with Gasteiger partial charge in [-0.25, -0.2) is 4.79 Å². The summed E-state index contributed by atoms with van der Waals surface area (Å²) < 4.78 is 5.40. The van der Waals surface area contributed by atoms with Crippen LogP contribution in [0.2, 0.25) is 0 Å². The Bertz CT molecular complexity index is 702. The van der Waals surface area contributed by atoms with E-state index in [1.165, 1.54) is 0 Å². The molecule has 0 unspecified atom stereocenters. The number of likely N-dealkylation sites (tertiary alicyclic amines) is 1. The number of hydrogen-bond donors (Lipinski definition) is 0. The van der Waals surface area contributed by atoms with Gasteiger partial charge in [0.2, 0.25) is 5.28 Å². The predicted octanol–water partition coefficient (Wildman–Crippen LogP) is 4.54. The van der Waals surface area contributed by atoms with Crippen LogP contribution in [0, 0.1) is 5.21 Å². The lowest BCUT2D eigenvalue weighted by Gasteiger charge is -2.32. The maximum Gasteiger partial charge on any atom is 0.410 e. The van der Waals surface area contributed by atoms with Crippen LogP contribution in [0.5, 0.6) is 0 Å². The Hall–Kier alpha value is -2.51. The molecule has 8 heteroatoms. The molecule has 0 aliphatic carbocycles. The van der Waals surface area contributed by atoms with Gasteiger partial charge in [0.25, 0.3) is 0 Å². The van der Waals surface area contributed by atoms with Crippen molar-refractivity contribution >= 4 is 6.09 Å². The second kappa shape index (κ2) is 10.00. The first kappa shape index (κ1) is 23.8. The lowest BCUT2D eigenvalue weighted by molar-refractivity contribution is -0.726. The number of hydrazine groups is 1. The number of ether oxygens (including phenoxy) is 1. The molecule has 0 aromatic heterocycles. The summed E-state index contributed by atoms with van der Waals surface area (Å²) in [5.74, 6) is 0. The Labute approximate surface area is 180 Å². The van der Waals surface area contributed by atoms with Crippen LogP contribution in [0.4, 0.5) is 4.79 Å². The van der Waals surface area contributed by atoms with Gasteiger partial charge in [-0.3, -0.25) is 0 Å². The van der Waals surface area contributed by atoms with Crippen LogP contribution in [0.15, 0.2) is 35.6 Å². The van der Waals surface area contributed by atoms with E-state index >= 15 is 0 Å². The van der Waals surface area contributed by atoms with Crippen molar-refractivity contribution in [1.29, 1.82) is 0 Å². The van der Waals surface area contributed by atoms with E-state index in [0.29, 0.717) is 37.4 Å². The molecule has 30 heavy (non-hydrogen) atoms. The third-order valence-corrected chi connectivity index (χ3v) is 4.80. The molecule has 168 valence electrons. The van der Waals surface area contributed by atoms with E-state index in [-0.39, 0.29) is 12.2 Å². The Morgan fingerprint density at radius 1 is 1.17 bits per heavy atom. The summed E-state index contributed by atoms with van der Waals surface area (Å²) in [6.45, 7) is 13.0. The fraction of sp³-hybridized carbons (Fsp3) is 0.682. The number of nitrogens with zero attached hydrogens (tertiary/aromatic N) is 4. The Balaban J connectivity index is 1.88. The van der Waals surface area contributed by atoms with Gasteiger partial charge in [0, 0.05) is 25.9 Å². The van der Waals surface area contributed by atoms with E-state index in [9.17, 15) is 10.0 Å². The van der Waals surface area contributed by atoms with E-state index in [0.717, 1.165) is 12.0 Å². The van der Waals surface area contributed by atoms with Crippen molar-refractivity contribution in [1.82, 2.24) is 9.91 Å². The summed E-state index contributed by atoms with van der Waals surface area (Å²) in [6.07, 6.45) is 1.44. The molecule has 1 fully saturated rings. The number of benzene rings is 1. The molecular weight excluding hydrogens is 384 g/mol. The summed E-state index contributed by atoms with van der Waals surface area (Å²) in [5.41, 5.74) is 0.248. The monoisotopic (exact) mass is 420 g/mol. The fourth-order valence-electron chi connectivity index (χ4n) is 3.18. The predicted molar refractivity (Wildman–Crippen MR) is 115 cm³/mol. The molecule has 8 nitrogen and oxygen atoms in total. The van der Waals surface area contributed by atoms with Crippen molar-refractivity contribution < 1.29 is 19.3 Å². The summed E-state index contributed by atoms with van der Waals surface area (Å²) in [7, 11) is 0. The van der Waals surface area contributed by atoms with E-state index in [4.69, 9.17) is 9.57 Å². The molecule has 0 atom stereocenters. The fourth-order valence-corrected chi connectivity index (χ4v) is 3.18. The highest BCUT2D eigenvalue weighted by Crippen LogP contribution is 2.19. The quantitative estimate of drug-likeness (QED) is 0.383. The Kier molecular flexibility index (Phi) is 7.92. The number of hydrogen-bond acceptors (Lipinski definition) is 5. The first-order chi connectivity index (χ1) is 14.0. The third-order valence-electron chi connectivity index (χ3n) is 4.80. The van der Waals surface area contributed by atoms with Crippen LogP contribution in [0.25, 0.3) is 0 Å². The minimum Gasteiger partial charge on any atom is -0.569 e. The van der Waals surface area contributed by atoms with Crippen molar-refractivity contribution in [3.63, 3.8) is 0 Å². The maximum absolute atomic E-state index is 12.6. The molecular formula is C22H36N4O4. The van der Waals surface area contributed by atoms with Crippen LogP contribution in [0.1, 0.15) is 59.9 Å². The van der Waals surface area contributed by atoms with Crippen molar-refractivity contribution in [3.05, 3.63) is 41.1 Å². The molecule has 1 amide bonds. The van der Waals surface area contributed by atoms with Crippen LogP contribution >= 0.6 is 0 Å². The normalized spacial score (nSPS) is 16.3. The molecule has 0 saturated carbocycles. The topological polar surface area (TPSA) is 80.4 Å². The molecule has 1 aliphatic heterocycles. The Morgan fingerprint density at radius 2 is 1.77 bits per heavy atom. The lowest BCUT2D eigenvalue weighted by atomic mass is 10.1. The number of amides is 1. The molecule has 1 aromatic carbocycles. The van der Waals surface area contributed by atoms with Crippen LogP contribution in [-0.4, -0.2) is 57.8 Å². The van der Waals surface area contributed by atoms with Crippen LogP contribution in [-0.2, 0) is 16.0 Å². The molecule has 2 rings (SSSR count). The smallest absolute Gasteiger partial charge is 0.410 e. The largest absolute Gasteiger partial charge is 0.569 e. The minimum absolute atomic E-state index is 0.198. The first-order valence-corrected chi connectivity index (χ1v) is 10.6. The molecule has 1 aliphatic rings. The van der Waals surface area contributed by atoms with Crippen LogP contribution in [0.3, 0.4) is 0 Å². The molecule has 1 aromatic rings. The maximum atomic E-state index is 12.6. The SMILES string of the molecule is CC(C)(C)OC(=O)N1CCC(O/N=[N+](/[O-])N(CCc2ccccc2)C(C)(C)C)CC1. The van der Waals surface area contributed by atoms with E-state index < -0.39 is 11.1 Å². The number of piperidine rings is 1. The van der Waals surface area contributed by atoms with Gasteiger partial charge in [-0.2, -0.15) is 0 Å². The van der Waals surface area contributed by atoms with Gasteiger partial charge in [-0.15, -0.1) is 5.01 Å². The molecule has 1 heterocycles. The molecule has 0 bridgehead atoms. The summed E-state index contributed by atoms with van der Waals surface area (Å²) in [5, 5.41) is 18.1. The second-order valence-electron chi connectivity index (χ2n) is 9.64. The van der Waals surface area contributed by atoms with Crippen LogP contribution < -0.4 is 0 Å². The standard InChI is InChI=1S/C22H36N4O4/c1-21(2,3)25(17-12-18-10-8-7-9-11-18)26(28)23-30-19-13-15-24(16-14-19)20(27)29-22(4,5)6/h7-11,19H,12-17H2,1-6H3/b26-23+. The molecule has 0 spiro atoms. The molecule has 0 N–H and O–H groups in total. The average molecular weight is 421 g/mol. The van der Waals surface area contributed by atoms with Gasteiger partial charge in [-0.05, 0) is 53.5 Å². The molecule has 0 radical (unpaired) electrons.